The summed E-state index contributed by atoms with van der Waals surface area (Å²) in [6.07, 6.45) is 6.68. The molecule has 7 amide bonds. The number of amides is 7. The van der Waals surface area contributed by atoms with Gasteiger partial charge in [0.15, 0.2) is 0 Å². The number of phenols is 1. The zero-order valence-corrected chi connectivity index (χ0v) is 41.7. The molecule has 3 fully saturated rings. The molecular formula is C53H75N9O10. The molecule has 392 valence electrons. The highest BCUT2D eigenvalue weighted by atomic mass is 16.5. The molecule has 3 saturated heterocycles. The van der Waals surface area contributed by atoms with Gasteiger partial charge in [-0.2, -0.15) is 0 Å². The molecule has 3 aliphatic rings. The van der Waals surface area contributed by atoms with Crippen molar-refractivity contribution in [2.75, 3.05) is 32.8 Å². The molecule has 1 unspecified atom stereocenters. The number of nitrogens with two attached hydrogens (primary N) is 2. The van der Waals surface area contributed by atoms with E-state index in [1.807, 2.05) is 18.2 Å². The standard InChI is InChI=1S/C53H75N9O10/c1-3-4-5-6-9-28-72-40-23-20-35-29-37(19-18-36(35)30-40)47(65)57-41-13-10-26-56-50(68)45-31-38(55)32-62(45)52(70)43(12-7-8-25-54)59-48(66)42(24-17-34-15-21-39(64)22-16-34)58-51(69)44-14-11-27-61(44)53(71)46(33(2)63)60-49(41)67/h15-16,18-23,29-30,33,38,41-46,63-64H,3-14,17,24-28,31-32,54-55H2,1-2H3,(H,56,68)(H,57,65)(H,58,69)(H,59,66)(H,60,67)/t33-,38+,41?,42+,43+,44+,45+,46+/m1/s1. The minimum atomic E-state index is -1.53. The van der Waals surface area contributed by atoms with Gasteiger partial charge in [-0.05, 0) is 137 Å². The van der Waals surface area contributed by atoms with Crippen LogP contribution in [0.2, 0.25) is 0 Å². The average molecular weight is 998 g/mol. The van der Waals surface area contributed by atoms with E-state index in [2.05, 4.69) is 33.5 Å². The average Bonchev–Trinajstić information content (AvgIpc) is 4.03. The van der Waals surface area contributed by atoms with Crippen LogP contribution in [0.3, 0.4) is 0 Å². The van der Waals surface area contributed by atoms with Crippen LogP contribution in [0, 0.1) is 0 Å². The third-order valence-electron chi connectivity index (χ3n) is 13.8. The number of aliphatic hydroxyl groups excluding tert-OH is 1. The molecule has 8 atom stereocenters. The van der Waals surface area contributed by atoms with Crippen LogP contribution in [0.1, 0.15) is 120 Å². The molecule has 11 N–H and O–H groups in total. The van der Waals surface area contributed by atoms with Gasteiger partial charge in [0.2, 0.25) is 35.4 Å². The fraction of sp³-hybridized carbons (Fsp3) is 0.566. The Bertz CT molecular complexity index is 2350. The van der Waals surface area contributed by atoms with Gasteiger partial charge < -0.3 is 62.8 Å². The van der Waals surface area contributed by atoms with Gasteiger partial charge in [0.25, 0.3) is 5.91 Å². The number of aliphatic hydroxyl groups is 1. The summed E-state index contributed by atoms with van der Waals surface area (Å²) >= 11 is 0. The van der Waals surface area contributed by atoms with Gasteiger partial charge in [-0.3, -0.25) is 33.6 Å². The number of nitrogens with one attached hydrogen (secondary N) is 5. The highest BCUT2D eigenvalue weighted by molar-refractivity contribution is 6.02. The van der Waals surface area contributed by atoms with Crippen molar-refractivity contribution in [2.24, 2.45) is 11.5 Å². The summed E-state index contributed by atoms with van der Waals surface area (Å²) in [4.78, 5) is 102. The first-order valence-corrected chi connectivity index (χ1v) is 25.9. The van der Waals surface area contributed by atoms with Gasteiger partial charge >= 0.3 is 0 Å². The molecule has 3 aromatic carbocycles. The van der Waals surface area contributed by atoms with Crippen molar-refractivity contribution in [2.45, 2.75) is 159 Å². The molecule has 3 aromatic rings. The summed E-state index contributed by atoms with van der Waals surface area (Å²) in [6, 6.07) is 9.47. The molecule has 0 saturated carbocycles. The van der Waals surface area contributed by atoms with Crippen molar-refractivity contribution in [3.8, 4) is 11.5 Å². The first-order valence-electron chi connectivity index (χ1n) is 25.9. The Morgan fingerprint density at radius 2 is 1.51 bits per heavy atom. The van der Waals surface area contributed by atoms with Crippen molar-refractivity contribution in [3.05, 3.63) is 71.8 Å². The molecular weight excluding hydrogens is 923 g/mol. The zero-order valence-electron chi connectivity index (χ0n) is 41.7. The van der Waals surface area contributed by atoms with Crippen LogP contribution in [-0.2, 0) is 35.2 Å². The predicted molar refractivity (Wildman–Crippen MR) is 271 cm³/mol. The highest BCUT2D eigenvalue weighted by Gasteiger charge is 2.43. The third-order valence-corrected chi connectivity index (χ3v) is 13.8. The summed E-state index contributed by atoms with van der Waals surface area (Å²) in [6.45, 7) is 4.66. The number of benzene rings is 3. The number of hydrogen-bond acceptors (Lipinski definition) is 12. The molecule has 19 heteroatoms. The third kappa shape index (κ3) is 15.1. The van der Waals surface area contributed by atoms with Crippen LogP contribution in [0.4, 0.5) is 0 Å². The minimum Gasteiger partial charge on any atom is -0.508 e. The van der Waals surface area contributed by atoms with E-state index in [9.17, 15) is 43.8 Å². The Balaban J connectivity index is 1.26. The monoisotopic (exact) mass is 998 g/mol. The van der Waals surface area contributed by atoms with E-state index >= 15 is 0 Å². The lowest BCUT2D eigenvalue weighted by atomic mass is 10.0. The fourth-order valence-electron chi connectivity index (χ4n) is 9.71. The summed E-state index contributed by atoms with van der Waals surface area (Å²) in [5.74, 6) is -3.63. The van der Waals surface area contributed by atoms with Crippen LogP contribution in [0.25, 0.3) is 10.8 Å². The molecule has 19 nitrogen and oxygen atoms in total. The van der Waals surface area contributed by atoms with Gasteiger partial charge in [0.05, 0.1) is 12.7 Å². The van der Waals surface area contributed by atoms with E-state index in [0.29, 0.717) is 32.4 Å². The second-order valence-corrected chi connectivity index (χ2v) is 19.5. The molecule has 3 aliphatic heterocycles. The number of unbranched alkanes of at least 4 members (excludes halogenated alkanes) is 5. The summed E-state index contributed by atoms with van der Waals surface area (Å²) in [5.41, 5.74) is 13.2. The topological polar surface area (TPSA) is 288 Å². The number of nitrogens with zero attached hydrogens (tertiary/aromatic N) is 2. The van der Waals surface area contributed by atoms with E-state index in [-0.39, 0.29) is 75.9 Å². The Labute approximate surface area is 421 Å². The number of aryl methyl sites for hydroxylation is 1. The number of carbonyl (C=O) groups excluding carboxylic acids is 7. The maximum atomic E-state index is 14.5. The normalized spacial score (nSPS) is 24.3. The molecule has 0 spiro atoms. The van der Waals surface area contributed by atoms with Crippen molar-refractivity contribution in [3.63, 3.8) is 0 Å². The van der Waals surface area contributed by atoms with E-state index in [1.165, 1.54) is 48.1 Å². The molecule has 0 aromatic heterocycles. The van der Waals surface area contributed by atoms with Gasteiger partial charge in [0.1, 0.15) is 47.8 Å². The molecule has 0 aliphatic carbocycles. The number of hydrogen-bond donors (Lipinski definition) is 9. The van der Waals surface area contributed by atoms with Crippen LogP contribution in [0.15, 0.2) is 60.7 Å². The predicted octanol–water partition coefficient (Wildman–Crippen LogP) is 2.42. The highest BCUT2D eigenvalue weighted by Crippen LogP contribution is 2.25. The van der Waals surface area contributed by atoms with Gasteiger partial charge in [-0.15, -0.1) is 0 Å². The number of phenolic OH excluding ortho intramolecular Hbond substituents is 1. The van der Waals surface area contributed by atoms with Crippen molar-refractivity contribution in [1.29, 1.82) is 0 Å². The first-order chi connectivity index (χ1) is 34.7. The smallest absolute Gasteiger partial charge is 0.251 e. The fourth-order valence-corrected chi connectivity index (χ4v) is 9.71. The SMILES string of the molecule is CCCCCCCOc1ccc2cc(C(=O)NC3CCCNC(=O)[C@@H]4C[C@H](N)CN4C(=O)[C@H](CCCCN)NC(=O)[C@H](CCc4ccc(O)cc4)NC(=O)[C@@H]4CCCN4C(=O)[C@H]([C@@H](C)O)NC3=O)ccc2c1. The molecule has 3 heterocycles. The quantitative estimate of drug-likeness (QED) is 0.0882. The van der Waals surface area contributed by atoms with E-state index in [0.717, 1.165) is 34.9 Å². The van der Waals surface area contributed by atoms with Crippen molar-refractivity contribution >= 4 is 52.1 Å². The number of carbonyl (C=O) groups is 7. The van der Waals surface area contributed by atoms with E-state index < -0.39 is 89.7 Å². The summed E-state index contributed by atoms with van der Waals surface area (Å²) in [7, 11) is 0. The number of ether oxygens (including phenoxy) is 1. The number of rotatable bonds is 17. The minimum absolute atomic E-state index is 0.00630. The Kier molecular flexibility index (Phi) is 20.6. The maximum absolute atomic E-state index is 14.5. The summed E-state index contributed by atoms with van der Waals surface area (Å²) in [5, 5.41) is 36.6. The van der Waals surface area contributed by atoms with E-state index in [1.54, 1.807) is 30.3 Å². The summed E-state index contributed by atoms with van der Waals surface area (Å²) < 4.78 is 5.99. The maximum Gasteiger partial charge on any atom is 0.251 e. The Morgan fingerprint density at radius 1 is 0.778 bits per heavy atom. The Morgan fingerprint density at radius 3 is 2.26 bits per heavy atom. The first kappa shape index (κ1) is 55.0. The second-order valence-electron chi connectivity index (χ2n) is 19.5. The number of fused-ring (bicyclic) bond motifs is 3. The van der Waals surface area contributed by atoms with Crippen molar-refractivity contribution < 1.29 is 48.5 Å². The van der Waals surface area contributed by atoms with E-state index in [4.69, 9.17) is 16.2 Å². The zero-order chi connectivity index (χ0) is 51.7. The molecule has 6 rings (SSSR count). The van der Waals surface area contributed by atoms with Crippen LogP contribution < -0.4 is 42.8 Å². The van der Waals surface area contributed by atoms with Crippen LogP contribution in [-0.4, -0.2) is 143 Å². The van der Waals surface area contributed by atoms with Crippen LogP contribution >= 0.6 is 0 Å². The van der Waals surface area contributed by atoms with Crippen molar-refractivity contribution in [1.82, 2.24) is 36.4 Å². The number of aromatic hydroxyl groups is 1. The Hall–Kier alpha value is -6.31. The molecule has 0 radical (unpaired) electrons. The van der Waals surface area contributed by atoms with Gasteiger partial charge in [-0.1, -0.05) is 56.9 Å². The van der Waals surface area contributed by atoms with Gasteiger partial charge in [-0.25, -0.2) is 0 Å². The molecule has 0 bridgehead atoms. The van der Waals surface area contributed by atoms with Gasteiger partial charge in [0, 0.05) is 31.2 Å². The van der Waals surface area contributed by atoms with Crippen LogP contribution in [0.5, 0.6) is 11.5 Å². The lowest BCUT2D eigenvalue weighted by Crippen LogP contribution is -2.61. The lowest BCUT2D eigenvalue weighted by molar-refractivity contribution is -0.144. The molecule has 72 heavy (non-hydrogen) atoms. The lowest BCUT2D eigenvalue weighted by Gasteiger charge is -2.32. The largest absolute Gasteiger partial charge is 0.508 e. The second kappa shape index (κ2) is 26.9.